The molecule has 0 radical (unpaired) electrons. The Morgan fingerprint density at radius 1 is 1.37 bits per heavy atom. The van der Waals surface area contributed by atoms with Crippen LogP contribution in [-0.4, -0.2) is 54.0 Å². The lowest BCUT2D eigenvalue weighted by molar-refractivity contribution is -0.0560. The summed E-state index contributed by atoms with van der Waals surface area (Å²) in [6, 6.07) is 1.14. The molecule has 1 fully saturated rings. The normalized spacial score (nSPS) is 26.1. The molecule has 0 aliphatic carbocycles. The smallest absolute Gasteiger partial charge is 0.405 e. The van der Waals surface area contributed by atoms with Crippen LogP contribution in [0.3, 0.4) is 0 Å². The molecule has 27 heavy (non-hydrogen) atoms. The number of aromatic amines is 1. The number of nitrogens with one attached hydrogen (secondary N) is 1. The van der Waals surface area contributed by atoms with Gasteiger partial charge in [-0.1, -0.05) is 20.8 Å². The summed E-state index contributed by atoms with van der Waals surface area (Å²) >= 11 is 0. The molecule has 0 spiro atoms. The topological polar surface area (TPSA) is 146 Å². The number of carbonyl (C=O) groups excluding carboxylic acids is 1. The van der Waals surface area contributed by atoms with Gasteiger partial charge in [-0.15, -0.1) is 0 Å². The maximum Gasteiger partial charge on any atom is 0.405 e. The number of H-pyrrole nitrogens is 1. The SMILES string of the molecule is CC(C)(C)[Si](C)(C)O[C@H]1[C@@H](OC(N)=O)[C@H](n2ccc(=O)[nH]c2=O)O[C@@H]1CO. The third kappa shape index (κ3) is 4.49. The molecule has 11 heteroatoms. The summed E-state index contributed by atoms with van der Waals surface area (Å²) in [5.74, 6) is 0. The maximum atomic E-state index is 12.2. The van der Waals surface area contributed by atoms with E-state index in [2.05, 4.69) is 4.98 Å². The van der Waals surface area contributed by atoms with Crippen molar-refractivity contribution < 1.29 is 23.8 Å². The molecule has 4 atom stereocenters. The first-order chi connectivity index (χ1) is 12.4. The first-order valence-corrected chi connectivity index (χ1v) is 11.5. The Morgan fingerprint density at radius 3 is 2.48 bits per heavy atom. The highest BCUT2D eigenvalue weighted by molar-refractivity contribution is 6.74. The van der Waals surface area contributed by atoms with Gasteiger partial charge in [0.05, 0.1) is 6.61 Å². The van der Waals surface area contributed by atoms with Crippen LogP contribution in [-0.2, 0) is 13.9 Å². The van der Waals surface area contributed by atoms with Crippen LogP contribution in [0.2, 0.25) is 18.1 Å². The van der Waals surface area contributed by atoms with Gasteiger partial charge in [-0.3, -0.25) is 14.3 Å². The summed E-state index contributed by atoms with van der Waals surface area (Å²) in [7, 11) is -2.34. The van der Waals surface area contributed by atoms with E-state index in [0.29, 0.717) is 0 Å². The molecule has 10 nitrogen and oxygen atoms in total. The van der Waals surface area contributed by atoms with Gasteiger partial charge in [0, 0.05) is 12.3 Å². The first kappa shape index (κ1) is 21.3. The number of primary amides is 1. The predicted molar refractivity (Wildman–Crippen MR) is 98.8 cm³/mol. The average Bonchev–Trinajstić information content (AvgIpc) is 2.83. The molecule has 0 saturated carbocycles. The zero-order valence-electron chi connectivity index (χ0n) is 16.1. The summed E-state index contributed by atoms with van der Waals surface area (Å²) in [6.45, 7) is 9.71. The number of ether oxygens (including phenoxy) is 2. The summed E-state index contributed by atoms with van der Waals surface area (Å²) < 4.78 is 18.4. The molecule has 0 aromatic carbocycles. The van der Waals surface area contributed by atoms with Crippen LogP contribution in [0.15, 0.2) is 21.9 Å². The Balaban J connectivity index is 2.46. The van der Waals surface area contributed by atoms with Crippen molar-refractivity contribution >= 4 is 14.4 Å². The van der Waals surface area contributed by atoms with E-state index in [1.165, 1.54) is 6.20 Å². The van der Waals surface area contributed by atoms with Crippen molar-refractivity contribution in [3.63, 3.8) is 0 Å². The van der Waals surface area contributed by atoms with Gasteiger partial charge < -0.3 is 24.7 Å². The third-order valence-corrected chi connectivity index (χ3v) is 9.55. The molecule has 2 heterocycles. The number of aliphatic hydroxyl groups excluding tert-OH is 1. The number of nitrogens with zero attached hydrogens (tertiary/aromatic N) is 1. The van der Waals surface area contributed by atoms with Crippen LogP contribution in [0.1, 0.15) is 27.0 Å². The van der Waals surface area contributed by atoms with Crippen molar-refractivity contribution in [2.45, 2.75) is 63.4 Å². The van der Waals surface area contributed by atoms with Gasteiger partial charge >= 0.3 is 11.8 Å². The molecule has 0 bridgehead atoms. The van der Waals surface area contributed by atoms with Gasteiger partial charge in [-0.2, -0.15) is 0 Å². The fourth-order valence-corrected chi connectivity index (χ4v) is 3.95. The summed E-state index contributed by atoms with van der Waals surface area (Å²) in [5, 5.41) is 9.60. The highest BCUT2D eigenvalue weighted by Gasteiger charge is 2.52. The fourth-order valence-electron chi connectivity index (χ4n) is 2.63. The molecule has 2 rings (SSSR count). The van der Waals surface area contributed by atoms with Gasteiger partial charge in [0.25, 0.3) is 5.56 Å². The second-order valence-corrected chi connectivity index (χ2v) is 12.8. The molecule has 1 amide bonds. The average molecular weight is 401 g/mol. The number of aliphatic hydroxyl groups is 1. The minimum atomic E-state index is -2.34. The second-order valence-electron chi connectivity index (χ2n) is 8.01. The van der Waals surface area contributed by atoms with Gasteiger partial charge in [0.2, 0.25) is 0 Å². The molecule has 0 unspecified atom stereocenters. The summed E-state index contributed by atoms with van der Waals surface area (Å²) in [4.78, 5) is 37.1. The number of hydrogen-bond acceptors (Lipinski definition) is 7. The zero-order valence-corrected chi connectivity index (χ0v) is 17.1. The lowest BCUT2D eigenvalue weighted by atomic mass is 10.1. The third-order valence-electron chi connectivity index (χ3n) is 5.08. The zero-order chi connectivity index (χ0) is 20.6. The van der Waals surface area contributed by atoms with Crippen LogP contribution in [0.5, 0.6) is 0 Å². The highest BCUT2D eigenvalue weighted by Crippen LogP contribution is 2.41. The largest absolute Gasteiger partial charge is 0.439 e. The number of amides is 1. The van der Waals surface area contributed by atoms with Crippen molar-refractivity contribution in [2.75, 3.05) is 6.61 Å². The van der Waals surface area contributed by atoms with E-state index < -0.39 is 56.8 Å². The van der Waals surface area contributed by atoms with Crippen molar-refractivity contribution in [2.24, 2.45) is 5.73 Å². The van der Waals surface area contributed by atoms with Crippen molar-refractivity contribution in [1.29, 1.82) is 0 Å². The van der Waals surface area contributed by atoms with Gasteiger partial charge in [-0.05, 0) is 18.1 Å². The van der Waals surface area contributed by atoms with Gasteiger partial charge in [-0.25, -0.2) is 9.59 Å². The molecule has 4 N–H and O–H groups in total. The minimum absolute atomic E-state index is 0.156. The Hall–Kier alpha value is -1.95. The van der Waals surface area contributed by atoms with E-state index in [1.807, 2.05) is 33.9 Å². The molecular formula is C16H27N3O7Si. The lowest BCUT2D eigenvalue weighted by Crippen LogP contribution is -2.51. The van der Waals surface area contributed by atoms with Crippen LogP contribution >= 0.6 is 0 Å². The number of nitrogens with two attached hydrogens (primary N) is 1. The second kappa shape index (κ2) is 7.58. The number of hydrogen-bond donors (Lipinski definition) is 3. The molecule has 1 aliphatic rings. The molecule has 1 saturated heterocycles. The van der Waals surface area contributed by atoms with E-state index in [0.717, 1.165) is 10.6 Å². The quantitative estimate of drug-likeness (QED) is 0.601. The van der Waals surface area contributed by atoms with Crippen molar-refractivity contribution in [3.8, 4) is 0 Å². The monoisotopic (exact) mass is 401 g/mol. The first-order valence-electron chi connectivity index (χ1n) is 8.59. The molecular weight excluding hydrogens is 374 g/mol. The molecule has 1 aliphatic heterocycles. The fraction of sp³-hybridized carbons (Fsp3) is 0.688. The number of rotatable bonds is 5. The van der Waals surface area contributed by atoms with E-state index in [1.54, 1.807) is 0 Å². The number of carbonyl (C=O) groups is 1. The van der Waals surface area contributed by atoms with Crippen LogP contribution < -0.4 is 17.0 Å². The Labute approximate surface area is 157 Å². The minimum Gasteiger partial charge on any atom is -0.439 e. The van der Waals surface area contributed by atoms with Crippen LogP contribution in [0.4, 0.5) is 4.79 Å². The molecule has 1 aromatic heterocycles. The van der Waals surface area contributed by atoms with Crippen LogP contribution in [0, 0.1) is 0 Å². The summed E-state index contributed by atoms with van der Waals surface area (Å²) in [5.41, 5.74) is 3.89. The Morgan fingerprint density at radius 2 is 2.00 bits per heavy atom. The van der Waals surface area contributed by atoms with Gasteiger partial charge in [0.15, 0.2) is 20.6 Å². The van der Waals surface area contributed by atoms with Gasteiger partial charge in [0.1, 0.15) is 12.2 Å². The van der Waals surface area contributed by atoms with E-state index in [4.69, 9.17) is 19.6 Å². The highest BCUT2D eigenvalue weighted by atomic mass is 28.4. The molecule has 1 aromatic rings. The van der Waals surface area contributed by atoms with Crippen LogP contribution in [0.25, 0.3) is 0 Å². The standard InChI is InChI=1S/C16H27N3O7Si/c1-16(2,3)27(4,5)26-11-9(8-20)24-13(12(11)25-14(17)22)19-7-6-10(21)18-15(19)23/h6-7,9,11-13,20H,8H2,1-5H3,(H2,17,22)(H,18,21,23)/t9-,11-,12-,13-/m1/s1. The Kier molecular flexibility index (Phi) is 5.99. The Bertz CT molecular complexity index is 798. The predicted octanol–water partition coefficient (Wildman–Crippen LogP) is 0.281. The summed E-state index contributed by atoms with van der Waals surface area (Å²) in [6.07, 6.45) is -3.68. The van der Waals surface area contributed by atoms with Crippen molar-refractivity contribution in [1.82, 2.24) is 9.55 Å². The lowest BCUT2D eigenvalue weighted by Gasteiger charge is -2.40. The van der Waals surface area contributed by atoms with E-state index in [9.17, 15) is 19.5 Å². The van der Waals surface area contributed by atoms with Crippen molar-refractivity contribution in [3.05, 3.63) is 33.1 Å². The molecule has 152 valence electrons. The van der Waals surface area contributed by atoms with E-state index >= 15 is 0 Å². The van der Waals surface area contributed by atoms with E-state index in [-0.39, 0.29) is 5.04 Å². The number of aromatic nitrogens is 2. The maximum absolute atomic E-state index is 12.2.